The van der Waals surface area contributed by atoms with Crippen LogP contribution in [0.15, 0.2) is 30.3 Å². The predicted molar refractivity (Wildman–Crippen MR) is 84.6 cm³/mol. The van der Waals surface area contributed by atoms with Gasteiger partial charge in [0.05, 0.1) is 0 Å². The van der Waals surface area contributed by atoms with Crippen LogP contribution >= 0.6 is 0 Å². The van der Waals surface area contributed by atoms with Crippen LogP contribution in [0.2, 0.25) is 0 Å². The van der Waals surface area contributed by atoms with Gasteiger partial charge in [-0.25, -0.2) is 0 Å². The molecular weight excluding hydrogens is 244 g/mol. The van der Waals surface area contributed by atoms with E-state index in [2.05, 4.69) is 47.6 Å². The quantitative estimate of drug-likeness (QED) is 0.694. The van der Waals surface area contributed by atoms with Crippen LogP contribution in [0.4, 0.5) is 0 Å². The van der Waals surface area contributed by atoms with E-state index in [4.69, 9.17) is 0 Å². The molecule has 2 fully saturated rings. The molecule has 0 unspecified atom stereocenters. The molecule has 3 rings (SSSR count). The molecule has 0 spiro atoms. The van der Waals surface area contributed by atoms with E-state index < -0.39 is 0 Å². The van der Waals surface area contributed by atoms with Crippen molar-refractivity contribution in [2.24, 2.45) is 11.8 Å². The minimum absolute atomic E-state index is 0.856. The summed E-state index contributed by atoms with van der Waals surface area (Å²) in [5, 5.41) is 3.84. The third kappa shape index (κ3) is 4.32. The van der Waals surface area contributed by atoms with Crippen molar-refractivity contribution < 1.29 is 0 Å². The first kappa shape index (κ1) is 14.1. The van der Waals surface area contributed by atoms with E-state index in [1.54, 1.807) is 0 Å². The van der Waals surface area contributed by atoms with Gasteiger partial charge in [0.2, 0.25) is 0 Å². The highest BCUT2D eigenvalue weighted by Crippen LogP contribution is 2.44. The molecule has 2 nitrogen and oxygen atoms in total. The highest BCUT2D eigenvalue weighted by atomic mass is 15.1. The standard InChI is InChI=1S/C18H28N2/c1-20(14-15-6-3-2-4-7-15)13-5-12-19-18(16-8-9-16)17-10-11-17/h2-4,6-7,16-19H,5,8-14H2,1H3. The van der Waals surface area contributed by atoms with Gasteiger partial charge in [-0.3, -0.25) is 0 Å². The van der Waals surface area contributed by atoms with Crippen molar-refractivity contribution in [1.82, 2.24) is 10.2 Å². The van der Waals surface area contributed by atoms with Gasteiger partial charge in [0.25, 0.3) is 0 Å². The Kier molecular flexibility index (Phi) is 4.74. The van der Waals surface area contributed by atoms with Crippen molar-refractivity contribution in [1.29, 1.82) is 0 Å². The summed E-state index contributed by atoms with van der Waals surface area (Å²) in [5.41, 5.74) is 1.41. The third-order valence-corrected chi connectivity index (χ3v) is 4.65. The van der Waals surface area contributed by atoms with Crippen molar-refractivity contribution >= 4 is 0 Å². The summed E-state index contributed by atoms with van der Waals surface area (Å²) in [7, 11) is 2.23. The number of hydrogen-bond acceptors (Lipinski definition) is 2. The Labute approximate surface area is 123 Å². The molecule has 0 radical (unpaired) electrons. The third-order valence-electron chi connectivity index (χ3n) is 4.65. The fourth-order valence-electron chi connectivity index (χ4n) is 3.22. The average molecular weight is 272 g/mol. The van der Waals surface area contributed by atoms with E-state index in [1.807, 2.05) is 0 Å². The zero-order chi connectivity index (χ0) is 13.8. The zero-order valence-corrected chi connectivity index (χ0v) is 12.7. The second-order valence-corrected chi connectivity index (χ2v) is 6.73. The van der Waals surface area contributed by atoms with Gasteiger partial charge in [-0.2, -0.15) is 0 Å². The summed E-state index contributed by atoms with van der Waals surface area (Å²) >= 11 is 0. The number of nitrogens with one attached hydrogen (secondary N) is 1. The second kappa shape index (κ2) is 6.73. The van der Waals surface area contributed by atoms with Crippen molar-refractivity contribution in [2.75, 3.05) is 20.1 Å². The number of hydrogen-bond donors (Lipinski definition) is 1. The normalized spacial score (nSPS) is 18.9. The minimum atomic E-state index is 0.856. The molecule has 1 N–H and O–H groups in total. The Morgan fingerprint density at radius 3 is 2.35 bits per heavy atom. The van der Waals surface area contributed by atoms with Crippen LogP contribution in [0.3, 0.4) is 0 Å². The Bertz CT molecular complexity index is 383. The molecule has 0 aromatic heterocycles. The van der Waals surface area contributed by atoms with Crippen molar-refractivity contribution in [3.05, 3.63) is 35.9 Å². The maximum atomic E-state index is 3.84. The van der Waals surface area contributed by atoms with Crippen LogP contribution in [-0.4, -0.2) is 31.1 Å². The van der Waals surface area contributed by atoms with Crippen LogP contribution < -0.4 is 5.32 Å². The lowest BCUT2D eigenvalue weighted by molar-refractivity contribution is 0.311. The topological polar surface area (TPSA) is 15.3 Å². The molecule has 2 aliphatic rings. The number of rotatable bonds is 9. The highest BCUT2D eigenvalue weighted by Gasteiger charge is 2.40. The fraction of sp³-hybridized carbons (Fsp3) is 0.667. The van der Waals surface area contributed by atoms with Gasteiger partial charge in [-0.05, 0) is 69.6 Å². The molecule has 1 aromatic carbocycles. The molecule has 0 bridgehead atoms. The SMILES string of the molecule is CN(CCCNC(C1CC1)C1CC1)Cc1ccccc1. The molecule has 0 atom stereocenters. The van der Waals surface area contributed by atoms with Gasteiger partial charge in [0.15, 0.2) is 0 Å². The van der Waals surface area contributed by atoms with Crippen LogP contribution in [0.1, 0.15) is 37.7 Å². The Hall–Kier alpha value is -0.860. The average Bonchev–Trinajstić information content (AvgIpc) is 3.33. The first-order valence-electron chi connectivity index (χ1n) is 8.29. The van der Waals surface area contributed by atoms with E-state index in [1.165, 1.54) is 50.8 Å². The van der Waals surface area contributed by atoms with Crippen molar-refractivity contribution in [2.45, 2.75) is 44.7 Å². The zero-order valence-electron chi connectivity index (χ0n) is 12.7. The summed E-state index contributed by atoms with van der Waals surface area (Å²) in [5.74, 6) is 2.04. The van der Waals surface area contributed by atoms with Crippen LogP contribution in [0.5, 0.6) is 0 Å². The molecule has 0 amide bonds. The van der Waals surface area contributed by atoms with Gasteiger partial charge >= 0.3 is 0 Å². The second-order valence-electron chi connectivity index (χ2n) is 6.73. The molecule has 0 aliphatic heterocycles. The maximum absolute atomic E-state index is 3.84. The monoisotopic (exact) mass is 272 g/mol. The molecule has 2 aliphatic carbocycles. The van der Waals surface area contributed by atoms with Crippen molar-refractivity contribution in [3.63, 3.8) is 0 Å². The van der Waals surface area contributed by atoms with Gasteiger partial charge in [-0.1, -0.05) is 30.3 Å². The minimum Gasteiger partial charge on any atom is -0.313 e. The van der Waals surface area contributed by atoms with E-state index in [0.29, 0.717) is 0 Å². The molecule has 1 aromatic rings. The van der Waals surface area contributed by atoms with E-state index in [0.717, 1.165) is 24.4 Å². The first-order chi connectivity index (χ1) is 9.83. The van der Waals surface area contributed by atoms with Crippen LogP contribution in [0, 0.1) is 11.8 Å². The molecule has 0 saturated heterocycles. The largest absolute Gasteiger partial charge is 0.313 e. The lowest BCUT2D eigenvalue weighted by Gasteiger charge is -2.20. The van der Waals surface area contributed by atoms with Gasteiger partial charge in [0, 0.05) is 12.6 Å². The molecule has 0 heterocycles. The number of nitrogens with zero attached hydrogens (tertiary/aromatic N) is 1. The Balaban J connectivity index is 1.31. The summed E-state index contributed by atoms with van der Waals surface area (Å²) in [6.07, 6.45) is 7.16. The predicted octanol–water partition coefficient (Wildman–Crippen LogP) is 3.29. The first-order valence-corrected chi connectivity index (χ1v) is 8.29. The smallest absolute Gasteiger partial charge is 0.0230 e. The Morgan fingerprint density at radius 1 is 1.10 bits per heavy atom. The highest BCUT2D eigenvalue weighted by molar-refractivity contribution is 5.14. The molecule has 20 heavy (non-hydrogen) atoms. The lowest BCUT2D eigenvalue weighted by atomic mass is 10.1. The van der Waals surface area contributed by atoms with Gasteiger partial charge in [-0.15, -0.1) is 0 Å². The molecular formula is C18H28N2. The van der Waals surface area contributed by atoms with Crippen LogP contribution in [-0.2, 0) is 6.54 Å². The van der Waals surface area contributed by atoms with E-state index in [-0.39, 0.29) is 0 Å². The van der Waals surface area contributed by atoms with Crippen molar-refractivity contribution in [3.8, 4) is 0 Å². The van der Waals surface area contributed by atoms with Gasteiger partial charge < -0.3 is 10.2 Å². The number of benzene rings is 1. The maximum Gasteiger partial charge on any atom is 0.0230 e. The summed E-state index contributed by atoms with van der Waals surface area (Å²) in [6, 6.07) is 11.6. The fourth-order valence-corrected chi connectivity index (χ4v) is 3.22. The van der Waals surface area contributed by atoms with Crippen LogP contribution in [0.25, 0.3) is 0 Å². The molecule has 2 saturated carbocycles. The summed E-state index contributed by atoms with van der Waals surface area (Å²) in [6.45, 7) is 3.44. The Morgan fingerprint density at radius 2 is 1.75 bits per heavy atom. The summed E-state index contributed by atoms with van der Waals surface area (Å²) < 4.78 is 0. The lowest BCUT2D eigenvalue weighted by Crippen LogP contribution is -2.35. The molecule has 110 valence electrons. The summed E-state index contributed by atoms with van der Waals surface area (Å²) in [4.78, 5) is 2.43. The van der Waals surface area contributed by atoms with E-state index in [9.17, 15) is 0 Å². The van der Waals surface area contributed by atoms with E-state index >= 15 is 0 Å². The molecule has 2 heteroatoms. The van der Waals surface area contributed by atoms with Gasteiger partial charge in [0.1, 0.15) is 0 Å².